The number of hydrogen-bond donors (Lipinski definition) is 0. The van der Waals surface area contributed by atoms with Crippen LogP contribution in [0.2, 0.25) is 0 Å². The van der Waals surface area contributed by atoms with Gasteiger partial charge in [0, 0.05) is 13.2 Å². The molecule has 0 aromatic heterocycles. The molecule has 0 saturated heterocycles. The van der Waals surface area contributed by atoms with Gasteiger partial charge in [0.25, 0.3) is 0 Å². The molecule has 11 heavy (non-hydrogen) atoms. The largest absolute Gasteiger partial charge is 0.355 e. The van der Waals surface area contributed by atoms with Gasteiger partial charge in [-0.3, -0.25) is 0 Å². The highest BCUT2D eigenvalue weighted by Gasteiger charge is 2.16. The average Bonchev–Trinajstić information content (AvgIpc) is 1.97. The summed E-state index contributed by atoms with van der Waals surface area (Å²) in [7, 11) is 0.932. The quantitative estimate of drug-likeness (QED) is 0.442. The molecule has 0 aliphatic carbocycles. The molecule has 0 fully saturated rings. The zero-order chi connectivity index (χ0) is 8.74. The maximum absolute atomic E-state index is 5.52. The highest BCUT2D eigenvalue weighted by Crippen LogP contribution is 2.07. The smallest absolute Gasteiger partial charge is 0.138 e. The van der Waals surface area contributed by atoms with Crippen LogP contribution < -0.4 is 0 Å². The minimum Gasteiger partial charge on any atom is -0.355 e. The molecule has 0 saturated carbocycles. The van der Waals surface area contributed by atoms with E-state index in [2.05, 4.69) is 13.8 Å². The zero-order valence-electron chi connectivity index (χ0n) is 8.14. The van der Waals surface area contributed by atoms with E-state index in [0.717, 1.165) is 36.3 Å². The first kappa shape index (κ1) is 11.1. The zero-order valence-corrected chi connectivity index (χ0v) is 10.1. The normalized spacial score (nSPS) is 12.3. The second-order valence-electron chi connectivity index (χ2n) is 3.10. The van der Waals surface area contributed by atoms with Crippen LogP contribution in [-0.2, 0) is 9.47 Å². The summed E-state index contributed by atoms with van der Waals surface area (Å²) >= 11 is 0. The summed E-state index contributed by atoms with van der Waals surface area (Å²) < 4.78 is 11.0. The standard InChI is InChI=1S/C8H20O2Si/c1-4-6-9-8(3,11)10-7-5-2/h4-7H2,1-3,11H3. The van der Waals surface area contributed by atoms with Crippen molar-refractivity contribution in [3.05, 3.63) is 0 Å². The lowest BCUT2D eigenvalue weighted by atomic mass is 10.5. The van der Waals surface area contributed by atoms with Gasteiger partial charge in [-0.25, -0.2) is 0 Å². The highest BCUT2D eigenvalue weighted by molar-refractivity contribution is 6.13. The molecule has 0 bridgehead atoms. The van der Waals surface area contributed by atoms with Crippen LogP contribution in [0.1, 0.15) is 33.6 Å². The van der Waals surface area contributed by atoms with E-state index in [1.807, 2.05) is 6.92 Å². The van der Waals surface area contributed by atoms with Gasteiger partial charge in [0.2, 0.25) is 0 Å². The van der Waals surface area contributed by atoms with Crippen LogP contribution in [0.3, 0.4) is 0 Å². The summed E-state index contributed by atoms with van der Waals surface area (Å²) in [6.45, 7) is 7.85. The van der Waals surface area contributed by atoms with E-state index in [9.17, 15) is 0 Å². The van der Waals surface area contributed by atoms with E-state index < -0.39 is 0 Å². The lowest BCUT2D eigenvalue weighted by Gasteiger charge is -2.25. The second kappa shape index (κ2) is 5.74. The van der Waals surface area contributed by atoms with Crippen LogP contribution in [0.15, 0.2) is 0 Å². The molecule has 0 spiro atoms. The summed E-state index contributed by atoms with van der Waals surface area (Å²) in [4.78, 5) is 0. The number of ether oxygens (including phenoxy) is 2. The monoisotopic (exact) mass is 176 g/mol. The van der Waals surface area contributed by atoms with Gasteiger partial charge in [-0.05, 0) is 19.8 Å². The van der Waals surface area contributed by atoms with Crippen molar-refractivity contribution in [1.82, 2.24) is 0 Å². The third-order valence-corrected chi connectivity index (χ3v) is 1.88. The van der Waals surface area contributed by atoms with Gasteiger partial charge in [0.05, 0.1) is 10.2 Å². The summed E-state index contributed by atoms with van der Waals surface area (Å²) in [5.74, 6) is 0. The maximum atomic E-state index is 5.52. The van der Waals surface area contributed by atoms with E-state index in [-0.39, 0.29) is 5.41 Å². The van der Waals surface area contributed by atoms with Gasteiger partial charge in [-0.2, -0.15) is 0 Å². The van der Waals surface area contributed by atoms with Crippen molar-refractivity contribution in [2.75, 3.05) is 13.2 Å². The molecular weight excluding hydrogens is 156 g/mol. The van der Waals surface area contributed by atoms with Gasteiger partial charge in [0.15, 0.2) is 0 Å². The molecule has 0 aliphatic heterocycles. The van der Waals surface area contributed by atoms with Gasteiger partial charge in [0.1, 0.15) is 5.41 Å². The Bertz CT molecular complexity index is 84.1. The van der Waals surface area contributed by atoms with Crippen molar-refractivity contribution in [1.29, 1.82) is 0 Å². The van der Waals surface area contributed by atoms with Crippen LogP contribution in [0.5, 0.6) is 0 Å². The predicted molar refractivity (Wildman–Crippen MR) is 50.8 cm³/mol. The predicted octanol–water partition coefficient (Wildman–Crippen LogP) is 0.879. The van der Waals surface area contributed by atoms with Crippen molar-refractivity contribution in [2.24, 2.45) is 0 Å². The number of rotatable bonds is 6. The van der Waals surface area contributed by atoms with Crippen molar-refractivity contribution in [3.63, 3.8) is 0 Å². The van der Waals surface area contributed by atoms with Gasteiger partial charge >= 0.3 is 0 Å². The Morgan fingerprint density at radius 1 is 1.09 bits per heavy atom. The molecule has 0 N–H and O–H groups in total. The molecule has 0 aliphatic rings. The van der Waals surface area contributed by atoms with Crippen molar-refractivity contribution in [3.8, 4) is 0 Å². The Morgan fingerprint density at radius 3 is 1.73 bits per heavy atom. The third-order valence-electron chi connectivity index (χ3n) is 1.31. The topological polar surface area (TPSA) is 18.5 Å². The van der Waals surface area contributed by atoms with Crippen LogP contribution in [0.4, 0.5) is 0 Å². The molecule has 0 aromatic rings. The third kappa shape index (κ3) is 6.53. The molecule has 3 heteroatoms. The molecule has 0 radical (unpaired) electrons. The molecule has 0 aromatic carbocycles. The maximum Gasteiger partial charge on any atom is 0.138 e. The van der Waals surface area contributed by atoms with Crippen molar-refractivity contribution >= 4 is 10.2 Å². The Morgan fingerprint density at radius 2 is 1.45 bits per heavy atom. The van der Waals surface area contributed by atoms with E-state index in [0.29, 0.717) is 0 Å². The van der Waals surface area contributed by atoms with Crippen LogP contribution in [0, 0.1) is 0 Å². The fraction of sp³-hybridized carbons (Fsp3) is 1.00. The van der Waals surface area contributed by atoms with E-state index in [4.69, 9.17) is 9.47 Å². The molecule has 0 rings (SSSR count). The van der Waals surface area contributed by atoms with Crippen molar-refractivity contribution < 1.29 is 9.47 Å². The Kier molecular flexibility index (Phi) is 5.82. The Balaban J connectivity index is 3.43. The molecular formula is C8H20O2Si. The fourth-order valence-corrected chi connectivity index (χ4v) is 1.15. The molecule has 68 valence electrons. The minimum absolute atomic E-state index is 0.258. The molecule has 2 nitrogen and oxygen atoms in total. The minimum atomic E-state index is -0.258. The molecule has 0 amide bonds. The summed E-state index contributed by atoms with van der Waals surface area (Å²) in [5, 5.41) is 0. The summed E-state index contributed by atoms with van der Waals surface area (Å²) in [6.07, 6.45) is 2.13. The molecule has 0 heterocycles. The van der Waals surface area contributed by atoms with Gasteiger partial charge in [-0.15, -0.1) is 0 Å². The van der Waals surface area contributed by atoms with Gasteiger partial charge in [-0.1, -0.05) is 13.8 Å². The summed E-state index contributed by atoms with van der Waals surface area (Å²) in [6, 6.07) is 0. The van der Waals surface area contributed by atoms with Gasteiger partial charge < -0.3 is 9.47 Å². The van der Waals surface area contributed by atoms with Crippen LogP contribution in [-0.4, -0.2) is 28.9 Å². The van der Waals surface area contributed by atoms with Crippen molar-refractivity contribution in [2.45, 2.75) is 39.0 Å². The average molecular weight is 176 g/mol. The second-order valence-corrected chi connectivity index (χ2v) is 4.91. The Labute approximate surface area is 72.7 Å². The lowest BCUT2D eigenvalue weighted by molar-refractivity contribution is -0.166. The molecule has 0 unspecified atom stereocenters. The first-order valence-corrected chi connectivity index (χ1v) is 5.40. The van der Waals surface area contributed by atoms with E-state index in [1.54, 1.807) is 0 Å². The fourth-order valence-electron chi connectivity index (χ4n) is 0.737. The Hall–Kier alpha value is 0.137. The van der Waals surface area contributed by atoms with E-state index >= 15 is 0 Å². The number of hydrogen-bond acceptors (Lipinski definition) is 2. The first-order valence-electron chi connectivity index (χ1n) is 4.40. The van der Waals surface area contributed by atoms with E-state index in [1.165, 1.54) is 0 Å². The SMILES string of the molecule is CCCOC(C)([SiH3])OCCC. The van der Waals surface area contributed by atoms with Crippen LogP contribution >= 0.6 is 0 Å². The van der Waals surface area contributed by atoms with Crippen LogP contribution in [0.25, 0.3) is 0 Å². The molecule has 0 atom stereocenters. The highest BCUT2D eigenvalue weighted by atomic mass is 28.1. The summed E-state index contributed by atoms with van der Waals surface area (Å²) in [5.41, 5.74) is -0.258. The lowest BCUT2D eigenvalue weighted by Crippen LogP contribution is -2.33. The first-order chi connectivity index (χ1) is 5.12.